The molecule has 6 nitrogen and oxygen atoms in total. The van der Waals surface area contributed by atoms with E-state index in [2.05, 4.69) is 46.2 Å². The Morgan fingerprint density at radius 1 is 1.19 bits per heavy atom. The van der Waals surface area contributed by atoms with E-state index in [0.29, 0.717) is 12.0 Å². The van der Waals surface area contributed by atoms with Crippen molar-refractivity contribution >= 4 is 29.9 Å². The lowest BCUT2D eigenvalue weighted by Crippen LogP contribution is -2.47. The summed E-state index contributed by atoms with van der Waals surface area (Å²) in [4.78, 5) is 4.78. The van der Waals surface area contributed by atoms with Gasteiger partial charge in [-0.1, -0.05) is 20.3 Å². The molecule has 1 aromatic heterocycles. The number of halogens is 1. The molecule has 2 N–H and O–H groups in total. The summed E-state index contributed by atoms with van der Waals surface area (Å²) in [6, 6.07) is 0. The molecule has 0 atom stereocenters. The Balaban J connectivity index is 0.00000243. The third-order valence-electron chi connectivity index (χ3n) is 5.55. The molecular weight excluding hydrogens is 439 g/mol. The average Bonchev–Trinajstić information content (AvgIpc) is 2.97. The summed E-state index contributed by atoms with van der Waals surface area (Å²) in [5, 5.41) is 15.7. The molecule has 26 heavy (non-hydrogen) atoms. The summed E-state index contributed by atoms with van der Waals surface area (Å²) in [5.41, 5.74) is 0.471. The Morgan fingerprint density at radius 2 is 2.00 bits per heavy atom. The second-order valence-corrected chi connectivity index (χ2v) is 8.14. The van der Waals surface area contributed by atoms with Crippen molar-refractivity contribution < 1.29 is 0 Å². The number of aryl methyl sites for hydroxylation is 1. The SMILES string of the molecule is CCNC(=NCc1nnc2n1CCCC2)NCC1(CC(C)C)CCC1.I. The lowest BCUT2D eigenvalue weighted by atomic mass is 9.64. The minimum absolute atomic E-state index is 0. The second-order valence-electron chi connectivity index (χ2n) is 8.14. The van der Waals surface area contributed by atoms with Crippen LogP contribution in [0, 0.1) is 11.3 Å². The molecule has 0 aromatic carbocycles. The number of aromatic nitrogens is 3. The van der Waals surface area contributed by atoms with E-state index in [-0.39, 0.29) is 24.0 Å². The highest BCUT2D eigenvalue weighted by atomic mass is 127. The Labute approximate surface area is 175 Å². The van der Waals surface area contributed by atoms with Gasteiger partial charge in [0, 0.05) is 26.1 Å². The quantitative estimate of drug-likeness (QED) is 0.361. The highest BCUT2D eigenvalue weighted by Crippen LogP contribution is 2.45. The zero-order valence-electron chi connectivity index (χ0n) is 16.6. The van der Waals surface area contributed by atoms with Gasteiger partial charge in [-0.15, -0.1) is 34.2 Å². The van der Waals surface area contributed by atoms with E-state index in [9.17, 15) is 0 Å². The second kappa shape index (κ2) is 9.90. The Bertz CT molecular complexity index is 591. The van der Waals surface area contributed by atoms with Gasteiger partial charge in [-0.05, 0) is 50.4 Å². The van der Waals surface area contributed by atoms with Crippen LogP contribution in [0.5, 0.6) is 0 Å². The average molecular weight is 474 g/mol. The summed E-state index contributed by atoms with van der Waals surface area (Å²) in [5.74, 6) is 3.78. The first-order valence-electron chi connectivity index (χ1n) is 10.0. The molecule has 2 heterocycles. The van der Waals surface area contributed by atoms with Gasteiger partial charge in [0.15, 0.2) is 11.8 Å². The highest BCUT2D eigenvalue weighted by Gasteiger charge is 2.37. The van der Waals surface area contributed by atoms with Crippen molar-refractivity contribution in [1.82, 2.24) is 25.4 Å². The van der Waals surface area contributed by atoms with Gasteiger partial charge < -0.3 is 15.2 Å². The molecular formula is C19H35IN6. The summed E-state index contributed by atoms with van der Waals surface area (Å²) in [6.07, 6.45) is 8.85. The standard InChI is InChI=1S/C19H34N6.HI/c1-4-20-18(22-14-19(9-7-10-19)12-15(2)3)21-13-17-24-23-16-8-5-6-11-25(16)17;/h15H,4-14H2,1-3H3,(H2,20,21,22);1H. The molecule has 0 radical (unpaired) electrons. The predicted molar refractivity (Wildman–Crippen MR) is 117 cm³/mol. The number of rotatable bonds is 7. The molecule has 0 unspecified atom stereocenters. The maximum atomic E-state index is 4.78. The fraction of sp³-hybridized carbons (Fsp3) is 0.842. The van der Waals surface area contributed by atoms with Crippen molar-refractivity contribution in [3.63, 3.8) is 0 Å². The summed E-state index contributed by atoms with van der Waals surface area (Å²) >= 11 is 0. The van der Waals surface area contributed by atoms with Crippen LogP contribution in [0.25, 0.3) is 0 Å². The van der Waals surface area contributed by atoms with Gasteiger partial charge in [0.05, 0.1) is 0 Å². The monoisotopic (exact) mass is 474 g/mol. The topological polar surface area (TPSA) is 67.1 Å². The normalized spacial score (nSPS) is 18.7. The van der Waals surface area contributed by atoms with Crippen molar-refractivity contribution in [3.8, 4) is 0 Å². The van der Waals surface area contributed by atoms with E-state index >= 15 is 0 Å². The minimum atomic E-state index is 0. The number of guanidine groups is 1. The van der Waals surface area contributed by atoms with Gasteiger partial charge in [0.25, 0.3) is 0 Å². The Hall–Kier alpha value is -0.860. The van der Waals surface area contributed by atoms with Gasteiger partial charge >= 0.3 is 0 Å². The molecule has 1 aliphatic carbocycles. The van der Waals surface area contributed by atoms with Crippen LogP contribution in [0.3, 0.4) is 0 Å². The lowest BCUT2D eigenvalue weighted by Gasteiger charge is -2.43. The fourth-order valence-corrected chi connectivity index (χ4v) is 4.24. The maximum Gasteiger partial charge on any atom is 0.191 e. The zero-order valence-corrected chi connectivity index (χ0v) is 18.9. The number of aliphatic imine (C=N–C) groups is 1. The molecule has 1 saturated carbocycles. The van der Waals surface area contributed by atoms with E-state index < -0.39 is 0 Å². The summed E-state index contributed by atoms with van der Waals surface area (Å²) < 4.78 is 2.25. The molecule has 0 amide bonds. The zero-order chi connectivity index (χ0) is 17.7. The highest BCUT2D eigenvalue weighted by molar-refractivity contribution is 14.0. The molecule has 0 bridgehead atoms. The van der Waals surface area contributed by atoms with Crippen molar-refractivity contribution in [2.75, 3.05) is 13.1 Å². The van der Waals surface area contributed by atoms with Crippen molar-refractivity contribution in [2.45, 2.75) is 78.8 Å². The Morgan fingerprint density at radius 3 is 2.65 bits per heavy atom. The number of nitrogens with zero attached hydrogens (tertiary/aromatic N) is 4. The van der Waals surface area contributed by atoms with Crippen molar-refractivity contribution in [2.24, 2.45) is 16.3 Å². The first-order chi connectivity index (χ1) is 12.1. The van der Waals surface area contributed by atoms with E-state index in [1.54, 1.807) is 0 Å². The molecule has 2 aliphatic rings. The van der Waals surface area contributed by atoms with Crippen LogP contribution in [0.15, 0.2) is 4.99 Å². The Kier molecular flexibility index (Phi) is 8.16. The van der Waals surface area contributed by atoms with Crippen molar-refractivity contribution in [3.05, 3.63) is 11.6 Å². The fourth-order valence-electron chi connectivity index (χ4n) is 4.24. The van der Waals surface area contributed by atoms with Gasteiger partial charge in [-0.2, -0.15) is 0 Å². The van der Waals surface area contributed by atoms with E-state index in [0.717, 1.165) is 49.6 Å². The number of hydrogen-bond donors (Lipinski definition) is 2. The van der Waals surface area contributed by atoms with Gasteiger partial charge in [0.1, 0.15) is 12.4 Å². The molecule has 1 aliphatic heterocycles. The molecule has 148 valence electrons. The van der Waals surface area contributed by atoms with Crippen LogP contribution in [0.2, 0.25) is 0 Å². The number of hydrogen-bond acceptors (Lipinski definition) is 3. The predicted octanol–water partition coefficient (Wildman–Crippen LogP) is 3.50. The van der Waals surface area contributed by atoms with Crippen LogP contribution >= 0.6 is 24.0 Å². The maximum absolute atomic E-state index is 4.78. The molecule has 0 saturated heterocycles. The minimum Gasteiger partial charge on any atom is -0.357 e. The smallest absolute Gasteiger partial charge is 0.191 e. The van der Waals surface area contributed by atoms with Gasteiger partial charge in [-0.3, -0.25) is 0 Å². The first kappa shape index (κ1) is 21.4. The number of nitrogens with one attached hydrogen (secondary N) is 2. The van der Waals surface area contributed by atoms with Gasteiger partial charge in [-0.25, -0.2) is 4.99 Å². The third kappa shape index (κ3) is 5.33. The van der Waals surface area contributed by atoms with Gasteiger partial charge in [0.2, 0.25) is 0 Å². The molecule has 7 heteroatoms. The van der Waals surface area contributed by atoms with E-state index in [4.69, 9.17) is 4.99 Å². The molecule has 1 aromatic rings. The van der Waals surface area contributed by atoms with Crippen LogP contribution < -0.4 is 10.6 Å². The lowest BCUT2D eigenvalue weighted by molar-refractivity contribution is 0.104. The number of fused-ring (bicyclic) bond motifs is 1. The van der Waals surface area contributed by atoms with Crippen LogP contribution in [-0.4, -0.2) is 33.8 Å². The van der Waals surface area contributed by atoms with Crippen LogP contribution in [-0.2, 0) is 19.5 Å². The molecule has 1 fully saturated rings. The summed E-state index contributed by atoms with van der Waals surface area (Å²) in [6.45, 7) is 10.3. The van der Waals surface area contributed by atoms with Crippen LogP contribution in [0.1, 0.15) is 70.9 Å². The molecule has 3 rings (SSSR count). The largest absolute Gasteiger partial charge is 0.357 e. The molecule has 0 spiro atoms. The van der Waals surface area contributed by atoms with E-state index in [1.807, 2.05) is 0 Å². The summed E-state index contributed by atoms with van der Waals surface area (Å²) in [7, 11) is 0. The third-order valence-corrected chi connectivity index (χ3v) is 5.55. The van der Waals surface area contributed by atoms with E-state index in [1.165, 1.54) is 38.5 Å². The van der Waals surface area contributed by atoms with Crippen LogP contribution in [0.4, 0.5) is 0 Å². The first-order valence-corrected chi connectivity index (χ1v) is 10.0. The van der Waals surface area contributed by atoms with Crippen molar-refractivity contribution in [1.29, 1.82) is 0 Å².